The normalized spacial score (nSPS) is 13.5. The molecule has 0 atom stereocenters. The molecule has 2 rings (SSSR count). The Balaban J connectivity index is 1.92. The molecule has 1 heterocycles. The summed E-state index contributed by atoms with van der Waals surface area (Å²) in [5, 5.41) is 3.37. The molecule has 0 aromatic heterocycles. The molecular weight excluding hydrogens is 282 g/mol. The number of halogens is 1. The van der Waals surface area contributed by atoms with Gasteiger partial charge in [-0.1, -0.05) is 15.9 Å². The predicted octanol–water partition coefficient (Wildman–Crippen LogP) is 2.51. The van der Waals surface area contributed by atoms with Crippen molar-refractivity contribution < 1.29 is 9.47 Å². The lowest BCUT2D eigenvalue weighted by molar-refractivity contribution is 0.149. The average molecular weight is 300 g/mol. The standard InChI is InChI=1S/C13H18BrNO2/c1-2-16-6-4-15-9-11-8-12(14)7-10-3-5-17-13(10)11/h7-8,15H,2-6,9H2,1H3. The van der Waals surface area contributed by atoms with Gasteiger partial charge in [0, 0.05) is 36.2 Å². The number of hydrogen-bond acceptors (Lipinski definition) is 3. The summed E-state index contributed by atoms with van der Waals surface area (Å²) in [5.74, 6) is 1.07. The number of hydrogen-bond donors (Lipinski definition) is 1. The van der Waals surface area contributed by atoms with E-state index in [0.717, 1.165) is 49.6 Å². The van der Waals surface area contributed by atoms with Crippen LogP contribution in [0.2, 0.25) is 0 Å². The Kier molecular flexibility index (Phi) is 4.83. The van der Waals surface area contributed by atoms with Crippen molar-refractivity contribution in [2.45, 2.75) is 19.9 Å². The van der Waals surface area contributed by atoms with Crippen molar-refractivity contribution in [3.8, 4) is 5.75 Å². The van der Waals surface area contributed by atoms with Crippen molar-refractivity contribution >= 4 is 15.9 Å². The molecule has 4 heteroatoms. The third-order valence-corrected chi connectivity index (χ3v) is 3.23. The van der Waals surface area contributed by atoms with E-state index in [1.807, 2.05) is 6.92 Å². The number of fused-ring (bicyclic) bond motifs is 1. The summed E-state index contributed by atoms with van der Waals surface area (Å²) in [5.41, 5.74) is 2.53. The van der Waals surface area contributed by atoms with Crippen LogP contribution in [0.4, 0.5) is 0 Å². The maximum atomic E-state index is 5.67. The second kappa shape index (κ2) is 6.38. The van der Waals surface area contributed by atoms with Gasteiger partial charge in [0.05, 0.1) is 13.2 Å². The maximum absolute atomic E-state index is 5.67. The van der Waals surface area contributed by atoms with Gasteiger partial charge in [0.25, 0.3) is 0 Å². The zero-order chi connectivity index (χ0) is 12.1. The van der Waals surface area contributed by atoms with Gasteiger partial charge in [-0.05, 0) is 24.6 Å². The van der Waals surface area contributed by atoms with Gasteiger partial charge in [0.15, 0.2) is 0 Å². The lowest BCUT2D eigenvalue weighted by atomic mass is 10.1. The lowest BCUT2D eigenvalue weighted by Crippen LogP contribution is -2.19. The molecule has 0 bridgehead atoms. The summed E-state index contributed by atoms with van der Waals surface area (Å²) in [4.78, 5) is 0. The minimum Gasteiger partial charge on any atom is -0.493 e. The summed E-state index contributed by atoms with van der Waals surface area (Å²) in [6.07, 6.45) is 1.01. The molecule has 0 spiro atoms. The molecule has 0 fully saturated rings. The van der Waals surface area contributed by atoms with Crippen LogP contribution in [0.25, 0.3) is 0 Å². The fraction of sp³-hybridized carbons (Fsp3) is 0.538. The fourth-order valence-electron chi connectivity index (χ4n) is 1.99. The molecule has 1 N–H and O–H groups in total. The van der Waals surface area contributed by atoms with Gasteiger partial charge in [-0.3, -0.25) is 0 Å². The summed E-state index contributed by atoms with van der Waals surface area (Å²) in [6, 6.07) is 4.27. The molecule has 94 valence electrons. The second-order valence-electron chi connectivity index (χ2n) is 4.03. The molecule has 1 aromatic carbocycles. The van der Waals surface area contributed by atoms with E-state index in [9.17, 15) is 0 Å². The first-order chi connectivity index (χ1) is 8.31. The average Bonchev–Trinajstić information content (AvgIpc) is 2.76. The molecule has 1 aromatic rings. The highest BCUT2D eigenvalue weighted by Crippen LogP contribution is 2.32. The Bertz CT molecular complexity index is 382. The van der Waals surface area contributed by atoms with Gasteiger partial charge in [-0.25, -0.2) is 0 Å². The Morgan fingerprint density at radius 2 is 2.35 bits per heavy atom. The highest BCUT2D eigenvalue weighted by Gasteiger charge is 2.16. The highest BCUT2D eigenvalue weighted by atomic mass is 79.9. The number of ether oxygens (including phenoxy) is 2. The van der Waals surface area contributed by atoms with E-state index >= 15 is 0 Å². The van der Waals surface area contributed by atoms with Crippen molar-refractivity contribution in [1.82, 2.24) is 5.32 Å². The summed E-state index contributed by atoms with van der Waals surface area (Å²) in [7, 11) is 0. The van der Waals surface area contributed by atoms with Crippen LogP contribution < -0.4 is 10.1 Å². The Hall–Kier alpha value is -0.580. The van der Waals surface area contributed by atoms with E-state index in [0.29, 0.717) is 0 Å². The second-order valence-corrected chi connectivity index (χ2v) is 4.94. The van der Waals surface area contributed by atoms with Crippen molar-refractivity contribution in [3.63, 3.8) is 0 Å². The van der Waals surface area contributed by atoms with Crippen molar-refractivity contribution in [1.29, 1.82) is 0 Å². The van der Waals surface area contributed by atoms with Crippen LogP contribution in [0.3, 0.4) is 0 Å². The highest BCUT2D eigenvalue weighted by molar-refractivity contribution is 9.10. The van der Waals surface area contributed by atoms with E-state index in [1.165, 1.54) is 11.1 Å². The monoisotopic (exact) mass is 299 g/mol. The molecule has 17 heavy (non-hydrogen) atoms. The van der Waals surface area contributed by atoms with Crippen molar-refractivity contribution in [2.75, 3.05) is 26.4 Å². The third kappa shape index (κ3) is 3.44. The van der Waals surface area contributed by atoms with E-state index in [2.05, 4.69) is 33.4 Å². The molecule has 0 aliphatic carbocycles. The maximum Gasteiger partial charge on any atom is 0.127 e. The first-order valence-corrected chi connectivity index (χ1v) is 6.83. The van der Waals surface area contributed by atoms with Gasteiger partial charge < -0.3 is 14.8 Å². The topological polar surface area (TPSA) is 30.5 Å². The smallest absolute Gasteiger partial charge is 0.127 e. The molecular formula is C13H18BrNO2. The van der Waals surface area contributed by atoms with Crippen molar-refractivity contribution in [3.05, 3.63) is 27.7 Å². The molecule has 0 saturated carbocycles. The third-order valence-electron chi connectivity index (χ3n) is 2.77. The van der Waals surface area contributed by atoms with Crippen LogP contribution in [0.5, 0.6) is 5.75 Å². The largest absolute Gasteiger partial charge is 0.493 e. The van der Waals surface area contributed by atoms with Crippen LogP contribution in [0, 0.1) is 0 Å². The van der Waals surface area contributed by atoms with E-state index in [4.69, 9.17) is 9.47 Å². The van der Waals surface area contributed by atoms with Crippen LogP contribution in [0.15, 0.2) is 16.6 Å². The quantitative estimate of drug-likeness (QED) is 0.819. The van der Waals surface area contributed by atoms with Crippen LogP contribution in [0.1, 0.15) is 18.1 Å². The number of nitrogens with one attached hydrogen (secondary N) is 1. The summed E-state index contributed by atoms with van der Waals surface area (Å²) in [6.45, 7) is 6.04. The molecule has 1 aliphatic rings. The number of benzene rings is 1. The molecule has 3 nitrogen and oxygen atoms in total. The molecule has 0 saturated heterocycles. The summed E-state index contributed by atoms with van der Waals surface area (Å²) < 4.78 is 12.1. The predicted molar refractivity (Wildman–Crippen MR) is 71.5 cm³/mol. The Labute approximate surface area is 111 Å². The van der Waals surface area contributed by atoms with Gasteiger partial charge in [-0.15, -0.1) is 0 Å². The molecule has 0 amide bonds. The fourth-order valence-corrected chi connectivity index (χ4v) is 2.54. The lowest BCUT2D eigenvalue weighted by Gasteiger charge is -2.10. The van der Waals surface area contributed by atoms with Gasteiger partial charge in [0.1, 0.15) is 5.75 Å². The first-order valence-electron chi connectivity index (χ1n) is 6.04. The van der Waals surface area contributed by atoms with Gasteiger partial charge >= 0.3 is 0 Å². The Morgan fingerprint density at radius 3 is 3.18 bits per heavy atom. The van der Waals surface area contributed by atoms with E-state index in [1.54, 1.807) is 0 Å². The summed E-state index contributed by atoms with van der Waals surface area (Å²) >= 11 is 3.54. The zero-order valence-electron chi connectivity index (χ0n) is 10.1. The number of rotatable bonds is 6. The van der Waals surface area contributed by atoms with Crippen LogP contribution >= 0.6 is 15.9 Å². The van der Waals surface area contributed by atoms with Gasteiger partial charge in [-0.2, -0.15) is 0 Å². The van der Waals surface area contributed by atoms with Crippen LogP contribution in [-0.2, 0) is 17.7 Å². The minimum absolute atomic E-state index is 0.757. The SMILES string of the molecule is CCOCCNCc1cc(Br)cc2c1OCC2. The molecule has 0 unspecified atom stereocenters. The van der Waals surface area contributed by atoms with Crippen LogP contribution in [-0.4, -0.2) is 26.4 Å². The van der Waals surface area contributed by atoms with E-state index < -0.39 is 0 Å². The van der Waals surface area contributed by atoms with E-state index in [-0.39, 0.29) is 0 Å². The van der Waals surface area contributed by atoms with Gasteiger partial charge in [0.2, 0.25) is 0 Å². The minimum atomic E-state index is 0.757. The Morgan fingerprint density at radius 1 is 1.47 bits per heavy atom. The zero-order valence-corrected chi connectivity index (χ0v) is 11.7. The molecule has 0 radical (unpaired) electrons. The molecule has 1 aliphatic heterocycles. The first kappa shape index (κ1) is 12.9. The van der Waals surface area contributed by atoms with Crippen molar-refractivity contribution in [2.24, 2.45) is 0 Å².